The molecular formula is C15H21FN2O. The van der Waals surface area contributed by atoms with Crippen LogP contribution in [0.5, 0.6) is 5.75 Å². The number of benzene rings is 1. The number of halogens is 1. The van der Waals surface area contributed by atoms with E-state index in [4.69, 9.17) is 10.00 Å². The zero-order valence-electron chi connectivity index (χ0n) is 11.8. The van der Waals surface area contributed by atoms with Crippen LogP contribution < -0.4 is 10.1 Å². The third-order valence-corrected chi connectivity index (χ3v) is 3.02. The number of hydrogen-bond acceptors (Lipinski definition) is 3. The molecule has 0 saturated carbocycles. The third kappa shape index (κ3) is 5.17. The Hall–Kier alpha value is -1.76. The Morgan fingerprint density at radius 2 is 2.11 bits per heavy atom. The Bertz CT molecular complexity index is 452. The number of hydrogen-bond donors (Lipinski definition) is 1. The maximum absolute atomic E-state index is 13.5. The normalized spacial score (nSPS) is 10.9. The molecule has 0 aliphatic rings. The largest absolute Gasteiger partial charge is 0.497 e. The van der Waals surface area contributed by atoms with E-state index >= 15 is 0 Å². The van der Waals surface area contributed by atoms with Crippen LogP contribution in [0.1, 0.15) is 33.1 Å². The molecule has 3 nitrogen and oxygen atoms in total. The van der Waals surface area contributed by atoms with Crippen LogP contribution in [0.15, 0.2) is 18.2 Å². The molecule has 0 aliphatic heterocycles. The molecule has 1 rings (SSSR count). The highest BCUT2D eigenvalue weighted by Gasteiger charge is 2.15. The van der Waals surface area contributed by atoms with E-state index in [1.807, 2.05) is 13.8 Å². The Morgan fingerprint density at radius 3 is 2.74 bits per heavy atom. The lowest BCUT2D eigenvalue weighted by molar-refractivity contribution is 0.414. The van der Waals surface area contributed by atoms with Crippen molar-refractivity contribution >= 4 is 5.69 Å². The summed E-state index contributed by atoms with van der Waals surface area (Å²) in [6.45, 7) is 4.55. The van der Waals surface area contributed by atoms with Crippen LogP contribution in [-0.4, -0.2) is 13.7 Å². The molecule has 1 aromatic rings. The average Bonchev–Trinajstić information content (AvgIpc) is 2.40. The standard InChI is InChI=1S/C15H21FN2O/c1-15(2,11-17)8-4-5-9-18-14-10-12(19-3)6-7-13(14)16/h6-7,10,18H,4-5,8-9H2,1-3H3. The van der Waals surface area contributed by atoms with E-state index in [1.54, 1.807) is 19.2 Å². The number of anilines is 1. The Labute approximate surface area is 114 Å². The molecule has 4 heteroatoms. The predicted octanol–water partition coefficient (Wildman–Crippen LogP) is 3.97. The van der Waals surface area contributed by atoms with Crippen molar-refractivity contribution in [2.24, 2.45) is 5.41 Å². The van der Waals surface area contributed by atoms with Gasteiger partial charge in [0.25, 0.3) is 0 Å². The summed E-state index contributed by atoms with van der Waals surface area (Å²) in [4.78, 5) is 0. The number of rotatable bonds is 7. The Kier molecular flexibility index (Phi) is 5.62. The molecule has 0 radical (unpaired) electrons. The van der Waals surface area contributed by atoms with Crippen molar-refractivity contribution in [3.63, 3.8) is 0 Å². The first kappa shape index (κ1) is 15.3. The molecular weight excluding hydrogens is 243 g/mol. The molecule has 0 aromatic heterocycles. The first-order valence-corrected chi connectivity index (χ1v) is 6.47. The van der Waals surface area contributed by atoms with Crippen molar-refractivity contribution in [2.45, 2.75) is 33.1 Å². The molecule has 104 valence electrons. The smallest absolute Gasteiger partial charge is 0.146 e. The molecule has 0 bridgehead atoms. The molecule has 0 amide bonds. The van der Waals surface area contributed by atoms with E-state index in [1.165, 1.54) is 6.07 Å². The van der Waals surface area contributed by atoms with Gasteiger partial charge >= 0.3 is 0 Å². The van der Waals surface area contributed by atoms with E-state index in [-0.39, 0.29) is 11.2 Å². The quantitative estimate of drug-likeness (QED) is 0.758. The summed E-state index contributed by atoms with van der Waals surface area (Å²) < 4.78 is 18.6. The maximum Gasteiger partial charge on any atom is 0.146 e. The van der Waals surface area contributed by atoms with E-state index in [9.17, 15) is 4.39 Å². The monoisotopic (exact) mass is 264 g/mol. The summed E-state index contributed by atoms with van der Waals surface area (Å²) >= 11 is 0. The maximum atomic E-state index is 13.5. The highest BCUT2D eigenvalue weighted by molar-refractivity contribution is 5.49. The van der Waals surface area contributed by atoms with Gasteiger partial charge in [0, 0.05) is 12.6 Å². The number of nitriles is 1. The second kappa shape index (κ2) is 6.98. The third-order valence-electron chi connectivity index (χ3n) is 3.02. The summed E-state index contributed by atoms with van der Waals surface area (Å²) in [5, 5.41) is 11.9. The van der Waals surface area contributed by atoms with Gasteiger partial charge in [-0.15, -0.1) is 0 Å². The van der Waals surface area contributed by atoms with Crippen LogP contribution in [0.3, 0.4) is 0 Å². The Balaban J connectivity index is 2.36. The number of nitrogens with one attached hydrogen (secondary N) is 1. The second-order valence-electron chi connectivity index (χ2n) is 5.23. The first-order chi connectivity index (χ1) is 8.98. The van der Waals surface area contributed by atoms with Gasteiger partial charge < -0.3 is 10.1 Å². The summed E-state index contributed by atoms with van der Waals surface area (Å²) in [6, 6.07) is 6.91. The van der Waals surface area contributed by atoms with Gasteiger partial charge in [-0.1, -0.05) is 6.42 Å². The molecule has 1 aromatic carbocycles. The lowest BCUT2D eigenvalue weighted by Gasteiger charge is -2.14. The summed E-state index contributed by atoms with van der Waals surface area (Å²) in [5.74, 6) is 0.354. The van der Waals surface area contributed by atoms with Crippen LogP contribution >= 0.6 is 0 Å². The van der Waals surface area contributed by atoms with Gasteiger partial charge in [-0.2, -0.15) is 5.26 Å². The molecule has 0 unspecified atom stereocenters. The molecule has 19 heavy (non-hydrogen) atoms. The van der Waals surface area contributed by atoms with Crippen molar-refractivity contribution in [1.29, 1.82) is 5.26 Å². The van der Waals surface area contributed by atoms with Crippen molar-refractivity contribution in [3.8, 4) is 11.8 Å². The van der Waals surface area contributed by atoms with Crippen molar-refractivity contribution in [2.75, 3.05) is 19.0 Å². The summed E-state index contributed by atoms with van der Waals surface area (Å²) in [5.41, 5.74) is 0.181. The first-order valence-electron chi connectivity index (χ1n) is 6.47. The fourth-order valence-electron chi connectivity index (χ4n) is 1.74. The van der Waals surface area contributed by atoms with E-state index in [0.717, 1.165) is 19.3 Å². The molecule has 0 heterocycles. The van der Waals surface area contributed by atoms with Crippen LogP contribution in [0, 0.1) is 22.6 Å². The van der Waals surface area contributed by atoms with Gasteiger partial charge in [-0.3, -0.25) is 0 Å². The fraction of sp³-hybridized carbons (Fsp3) is 0.533. The van der Waals surface area contributed by atoms with Crippen molar-refractivity contribution < 1.29 is 9.13 Å². The van der Waals surface area contributed by atoms with E-state index in [0.29, 0.717) is 18.0 Å². The van der Waals surface area contributed by atoms with Gasteiger partial charge in [-0.25, -0.2) is 4.39 Å². The Morgan fingerprint density at radius 1 is 1.37 bits per heavy atom. The van der Waals surface area contributed by atoms with Gasteiger partial charge in [0.15, 0.2) is 0 Å². The molecule has 0 saturated heterocycles. The highest BCUT2D eigenvalue weighted by Crippen LogP contribution is 2.23. The van der Waals surface area contributed by atoms with Gasteiger partial charge in [0.2, 0.25) is 0 Å². The zero-order valence-corrected chi connectivity index (χ0v) is 11.8. The summed E-state index contributed by atoms with van der Waals surface area (Å²) in [6.07, 6.45) is 2.70. The lowest BCUT2D eigenvalue weighted by atomic mass is 9.89. The van der Waals surface area contributed by atoms with Crippen LogP contribution in [0.2, 0.25) is 0 Å². The molecule has 0 atom stereocenters. The predicted molar refractivity (Wildman–Crippen MR) is 74.7 cm³/mol. The minimum absolute atomic E-state index is 0.277. The lowest BCUT2D eigenvalue weighted by Crippen LogP contribution is -2.09. The van der Waals surface area contributed by atoms with Crippen LogP contribution in [-0.2, 0) is 0 Å². The van der Waals surface area contributed by atoms with Gasteiger partial charge in [0.05, 0.1) is 24.3 Å². The zero-order chi connectivity index (χ0) is 14.3. The molecule has 0 spiro atoms. The minimum atomic E-state index is -0.279. The minimum Gasteiger partial charge on any atom is -0.497 e. The number of nitrogens with zero attached hydrogens (tertiary/aromatic N) is 1. The second-order valence-corrected chi connectivity index (χ2v) is 5.23. The van der Waals surface area contributed by atoms with Crippen molar-refractivity contribution in [3.05, 3.63) is 24.0 Å². The average molecular weight is 264 g/mol. The van der Waals surface area contributed by atoms with Gasteiger partial charge in [-0.05, 0) is 38.8 Å². The fourth-order valence-corrected chi connectivity index (χ4v) is 1.74. The topological polar surface area (TPSA) is 45.0 Å². The molecule has 1 N–H and O–H groups in total. The van der Waals surface area contributed by atoms with E-state index in [2.05, 4.69) is 11.4 Å². The number of methoxy groups -OCH3 is 1. The molecule has 0 aliphatic carbocycles. The number of unbranched alkanes of at least 4 members (excludes halogenated alkanes) is 1. The number of ether oxygens (including phenoxy) is 1. The van der Waals surface area contributed by atoms with Gasteiger partial charge in [0.1, 0.15) is 11.6 Å². The highest BCUT2D eigenvalue weighted by atomic mass is 19.1. The SMILES string of the molecule is COc1ccc(F)c(NCCCCC(C)(C)C#N)c1. The molecule has 0 fully saturated rings. The van der Waals surface area contributed by atoms with Crippen LogP contribution in [0.25, 0.3) is 0 Å². The van der Waals surface area contributed by atoms with Crippen molar-refractivity contribution in [1.82, 2.24) is 0 Å². The van der Waals surface area contributed by atoms with Crippen LogP contribution in [0.4, 0.5) is 10.1 Å². The van der Waals surface area contributed by atoms with E-state index < -0.39 is 0 Å². The summed E-state index contributed by atoms with van der Waals surface area (Å²) in [7, 11) is 1.56.